The standard InChI is InChI=1S/C10H20N4O/c1-4-6-11-9(2)5-7-14-10(15)13(3)8-12-14/h8-9,11H,4-7H2,1-3H3. The van der Waals surface area contributed by atoms with Gasteiger partial charge in [-0.15, -0.1) is 0 Å². The Morgan fingerprint density at radius 1 is 1.60 bits per heavy atom. The molecule has 0 saturated carbocycles. The van der Waals surface area contributed by atoms with Gasteiger partial charge in [0.25, 0.3) is 0 Å². The predicted octanol–water partition coefficient (Wildman–Crippen LogP) is 0.360. The molecule has 0 amide bonds. The fourth-order valence-electron chi connectivity index (χ4n) is 1.38. The minimum atomic E-state index is -0.0438. The lowest BCUT2D eigenvalue weighted by molar-refractivity contribution is 0.451. The van der Waals surface area contributed by atoms with E-state index in [2.05, 4.69) is 24.3 Å². The lowest BCUT2D eigenvalue weighted by Gasteiger charge is -2.12. The van der Waals surface area contributed by atoms with Crippen LogP contribution < -0.4 is 11.0 Å². The third-order valence-electron chi connectivity index (χ3n) is 2.40. The van der Waals surface area contributed by atoms with Crippen molar-refractivity contribution in [1.29, 1.82) is 0 Å². The highest BCUT2D eigenvalue weighted by atomic mass is 16.2. The van der Waals surface area contributed by atoms with Gasteiger partial charge in [-0.3, -0.25) is 4.57 Å². The monoisotopic (exact) mass is 212 g/mol. The molecule has 1 aromatic heterocycles. The maximum atomic E-state index is 11.4. The molecule has 5 heteroatoms. The van der Waals surface area contributed by atoms with Crippen molar-refractivity contribution in [1.82, 2.24) is 19.7 Å². The Labute approximate surface area is 90.1 Å². The Morgan fingerprint density at radius 3 is 2.87 bits per heavy atom. The lowest BCUT2D eigenvalue weighted by atomic mass is 10.2. The molecule has 1 atom stereocenters. The average molecular weight is 212 g/mol. The maximum absolute atomic E-state index is 11.4. The predicted molar refractivity (Wildman–Crippen MR) is 59.8 cm³/mol. The van der Waals surface area contributed by atoms with Crippen molar-refractivity contribution >= 4 is 0 Å². The smallest absolute Gasteiger partial charge is 0.314 e. The van der Waals surface area contributed by atoms with E-state index in [4.69, 9.17) is 0 Å². The van der Waals surface area contributed by atoms with Crippen molar-refractivity contribution in [2.24, 2.45) is 7.05 Å². The van der Waals surface area contributed by atoms with Crippen LogP contribution in [0.15, 0.2) is 11.1 Å². The summed E-state index contributed by atoms with van der Waals surface area (Å²) in [6.45, 7) is 5.97. The third-order valence-corrected chi connectivity index (χ3v) is 2.40. The van der Waals surface area contributed by atoms with Crippen molar-refractivity contribution < 1.29 is 0 Å². The van der Waals surface area contributed by atoms with E-state index in [1.807, 2.05) is 0 Å². The molecule has 0 bridgehead atoms. The van der Waals surface area contributed by atoms with Gasteiger partial charge in [-0.2, -0.15) is 5.10 Å². The van der Waals surface area contributed by atoms with E-state index < -0.39 is 0 Å². The number of rotatable bonds is 6. The second kappa shape index (κ2) is 5.70. The molecule has 1 rings (SSSR count). The van der Waals surface area contributed by atoms with Gasteiger partial charge in [-0.25, -0.2) is 9.48 Å². The van der Waals surface area contributed by atoms with Gasteiger partial charge in [-0.1, -0.05) is 6.92 Å². The number of nitrogens with zero attached hydrogens (tertiary/aromatic N) is 3. The normalized spacial score (nSPS) is 13.0. The Balaban J connectivity index is 2.37. The van der Waals surface area contributed by atoms with Crippen LogP contribution in [0.3, 0.4) is 0 Å². The van der Waals surface area contributed by atoms with Gasteiger partial charge >= 0.3 is 5.69 Å². The first kappa shape index (κ1) is 12.0. The van der Waals surface area contributed by atoms with Gasteiger partial charge in [0.2, 0.25) is 0 Å². The van der Waals surface area contributed by atoms with Crippen molar-refractivity contribution in [3.8, 4) is 0 Å². The summed E-state index contributed by atoms with van der Waals surface area (Å²) in [6.07, 6.45) is 3.61. The zero-order chi connectivity index (χ0) is 11.3. The minimum absolute atomic E-state index is 0.0438. The molecule has 0 saturated heterocycles. The summed E-state index contributed by atoms with van der Waals surface area (Å²) in [5.74, 6) is 0. The van der Waals surface area contributed by atoms with E-state index in [-0.39, 0.29) is 5.69 Å². The molecule has 5 nitrogen and oxygen atoms in total. The van der Waals surface area contributed by atoms with E-state index >= 15 is 0 Å². The molecule has 1 unspecified atom stereocenters. The average Bonchev–Trinajstić information content (AvgIpc) is 2.54. The molecule has 0 spiro atoms. The van der Waals surface area contributed by atoms with Crippen LogP contribution in [0.2, 0.25) is 0 Å². The molecule has 86 valence electrons. The largest absolute Gasteiger partial charge is 0.345 e. The molecule has 0 radical (unpaired) electrons. The van der Waals surface area contributed by atoms with Crippen LogP contribution in [0, 0.1) is 0 Å². The van der Waals surface area contributed by atoms with Crippen LogP contribution >= 0.6 is 0 Å². The summed E-state index contributed by atoms with van der Waals surface area (Å²) in [5, 5.41) is 7.39. The molecule has 15 heavy (non-hydrogen) atoms. The molecule has 0 fully saturated rings. The van der Waals surface area contributed by atoms with Gasteiger partial charge < -0.3 is 5.32 Å². The van der Waals surface area contributed by atoms with E-state index in [1.54, 1.807) is 13.4 Å². The SMILES string of the molecule is CCCNC(C)CCn1ncn(C)c1=O. The van der Waals surface area contributed by atoms with Crippen LogP contribution in [0.1, 0.15) is 26.7 Å². The number of nitrogens with one attached hydrogen (secondary N) is 1. The van der Waals surface area contributed by atoms with Crippen molar-refractivity contribution in [2.45, 2.75) is 39.3 Å². The molecule has 0 aliphatic carbocycles. The zero-order valence-electron chi connectivity index (χ0n) is 9.73. The minimum Gasteiger partial charge on any atom is -0.314 e. The summed E-state index contributed by atoms with van der Waals surface area (Å²) < 4.78 is 2.99. The summed E-state index contributed by atoms with van der Waals surface area (Å²) in [6, 6.07) is 0.429. The zero-order valence-corrected chi connectivity index (χ0v) is 9.73. The van der Waals surface area contributed by atoms with Gasteiger partial charge in [0, 0.05) is 19.6 Å². The fraction of sp³-hybridized carbons (Fsp3) is 0.800. The van der Waals surface area contributed by atoms with E-state index in [0.29, 0.717) is 12.6 Å². The first-order valence-electron chi connectivity index (χ1n) is 5.47. The molecule has 0 aliphatic heterocycles. The Hall–Kier alpha value is -1.10. The highest BCUT2D eigenvalue weighted by Crippen LogP contribution is 1.92. The highest BCUT2D eigenvalue weighted by Gasteiger charge is 2.04. The third kappa shape index (κ3) is 3.51. The van der Waals surface area contributed by atoms with Gasteiger partial charge in [0.1, 0.15) is 6.33 Å². The maximum Gasteiger partial charge on any atom is 0.345 e. The molecule has 1 N–H and O–H groups in total. The van der Waals surface area contributed by atoms with Gasteiger partial charge in [0.15, 0.2) is 0 Å². The van der Waals surface area contributed by atoms with Crippen LogP contribution in [-0.4, -0.2) is 26.9 Å². The molecule has 1 heterocycles. The number of aromatic nitrogens is 3. The quantitative estimate of drug-likeness (QED) is 0.740. The second-order valence-corrected chi connectivity index (χ2v) is 3.89. The van der Waals surface area contributed by atoms with Gasteiger partial charge in [0.05, 0.1) is 0 Å². The summed E-state index contributed by atoms with van der Waals surface area (Å²) in [7, 11) is 1.71. The van der Waals surface area contributed by atoms with Crippen LogP contribution in [0.25, 0.3) is 0 Å². The van der Waals surface area contributed by atoms with Crippen molar-refractivity contribution in [3.05, 3.63) is 16.8 Å². The molecule has 0 aromatic carbocycles. The Kier molecular flexibility index (Phi) is 4.55. The van der Waals surface area contributed by atoms with E-state index in [0.717, 1.165) is 19.4 Å². The van der Waals surface area contributed by atoms with Crippen molar-refractivity contribution in [3.63, 3.8) is 0 Å². The molecular weight excluding hydrogens is 192 g/mol. The first-order valence-corrected chi connectivity index (χ1v) is 5.47. The summed E-state index contributed by atoms with van der Waals surface area (Å²) in [5.41, 5.74) is -0.0438. The highest BCUT2D eigenvalue weighted by molar-refractivity contribution is 4.67. The van der Waals surface area contributed by atoms with Crippen LogP contribution in [0.4, 0.5) is 0 Å². The summed E-state index contributed by atoms with van der Waals surface area (Å²) >= 11 is 0. The second-order valence-electron chi connectivity index (χ2n) is 3.89. The number of hydrogen-bond donors (Lipinski definition) is 1. The lowest BCUT2D eigenvalue weighted by Crippen LogP contribution is -2.30. The van der Waals surface area contributed by atoms with Crippen LogP contribution in [-0.2, 0) is 13.6 Å². The Bertz CT molecular complexity index is 341. The fourth-order valence-corrected chi connectivity index (χ4v) is 1.38. The van der Waals surface area contributed by atoms with E-state index in [1.165, 1.54) is 9.25 Å². The van der Waals surface area contributed by atoms with Crippen molar-refractivity contribution in [2.75, 3.05) is 6.54 Å². The van der Waals surface area contributed by atoms with Gasteiger partial charge in [-0.05, 0) is 26.3 Å². The molecule has 0 aliphatic rings. The first-order chi connectivity index (χ1) is 7.15. The topological polar surface area (TPSA) is 51.9 Å². The Morgan fingerprint density at radius 2 is 2.33 bits per heavy atom. The van der Waals surface area contributed by atoms with E-state index in [9.17, 15) is 4.79 Å². The molecule has 1 aromatic rings. The number of hydrogen-bond acceptors (Lipinski definition) is 3. The van der Waals surface area contributed by atoms with Crippen LogP contribution in [0.5, 0.6) is 0 Å². The number of aryl methyl sites for hydroxylation is 2. The molecular formula is C10H20N4O. The summed E-state index contributed by atoms with van der Waals surface area (Å²) in [4.78, 5) is 11.4.